The molecule has 0 fully saturated rings. The molecule has 0 aromatic carbocycles. The number of aliphatic hydroxyl groups is 2. The van der Waals surface area contributed by atoms with E-state index in [4.69, 9.17) is 0 Å². The lowest BCUT2D eigenvalue weighted by atomic mass is 9.59. The lowest BCUT2D eigenvalue weighted by molar-refractivity contribution is 0.00331. The quantitative estimate of drug-likeness (QED) is 0.190. The number of aliphatic hydroxyl groups excluding tert-OH is 2. The summed E-state index contributed by atoms with van der Waals surface area (Å²) in [7, 11) is 0. The van der Waals surface area contributed by atoms with Gasteiger partial charge in [-0.15, -0.1) is 0 Å². The van der Waals surface area contributed by atoms with Crippen molar-refractivity contribution in [1.82, 2.24) is 0 Å². The summed E-state index contributed by atoms with van der Waals surface area (Å²) < 4.78 is 0. The van der Waals surface area contributed by atoms with Gasteiger partial charge < -0.3 is 10.2 Å². The van der Waals surface area contributed by atoms with Crippen LogP contribution in [0.5, 0.6) is 0 Å². The largest absolute Gasteiger partial charge is 0.388 e. The van der Waals surface area contributed by atoms with E-state index >= 15 is 0 Å². The number of rotatable bonds is 18. The normalized spacial score (nSPS) is 28.3. The molecule has 0 aromatic rings. The molecule has 200 valence electrons. The highest BCUT2D eigenvalue weighted by atomic mass is 16.3. The van der Waals surface area contributed by atoms with Gasteiger partial charge in [0, 0.05) is 10.8 Å². The average molecular weight is 485 g/mol. The van der Waals surface area contributed by atoms with E-state index in [0.29, 0.717) is 0 Å². The molecule has 0 bridgehead atoms. The lowest BCUT2D eigenvalue weighted by Gasteiger charge is -2.47. The predicted octanol–water partition coefficient (Wildman–Crippen LogP) is 9.38. The molecular weight excluding hydrogens is 428 g/mol. The first kappa shape index (κ1) is 30.1. The van der Waals surface area contributed by atoms with Gasteiger partial charge in [0.2, 0.25) is 0 Å². The maximum absolute atomic E-state index is 11.3. The van der Waals surface area contributed by atoms with Gasteiger partial charge >= 0.3 is 0 Å². The Morgan fingerprint density at radius 2 is 0.914 bits per heavy atom. The number of unbranched alkanes of at least 4 members (excludes halogenated alkanes) is 12. The van der Waals surface area contributed by atoms with E-state index in [9.17, 15) is 10.2 Å². The van der Waals surface area contributed by atoms with Gasteiger partial charge in [0.1, 0.15) is 0 Å². The van der Waals surface area contributed by atoms with Crippen molar-refractivity contribution >= 4 is 0 Å². The highest BCUT2D eigenvalue weighted by Crippen LogP contribution is 2.51. The summed E-state index contributed by atoms with van der Waals surface area (Å²) in [6.45, 7) is 8.85. The predicted molar refractivity (Wildman–Crippen MR) is 153 cm³/mol. The molecule has 0 saturated heterocycles. The lowest BCUT2D eigenvalue weighted by Crippen LogP contribution is -2.44. The van der Waals surface area contributed by atoms with Crippen LogP contribution >= 0.6 is 0 Å². The van der Waals surface area contributed by atoms with Gasteiger partial charge in [0.05, 0.1) is 12.2 Å². The molecule has 4 unspecified atom stereocenters. The second kappa shape index (κ2) is 15.9. The van der Waals surface area contributed by atoms with Crippen LogP contribution in [0.3, 0.4) is 0 Å². The molecule has 0 spiro atoms. The Bertz CT molecular complexity index is 655. The maximum atomic E-state index is 11.3. The monoisotopic (exact) mass is 484 g/mol. The van der Waals surface area contributed by atoms with Gasteiger partial charge in [-0.05, 0) is 33.1 Å². The van der Waals surface area contributed by atoms with Gasteiger partial charge in [-0.25, -0.2) is 0 Å². The van der Waals surface area contributed by atoms with Gasteiger partial charge in [-0.2, -0.15) is 0 Å². The van der Waals surface area contributed by atoms with Crippen LogP contribution in [0.25, 0.3) is 0 Å². The van der Waals surface area contributed by atoms with Crippen LogP contribution in [0.1, 0.15) is 137 Å². The Morgan fingerprint density at radius 1 is 0.571 bits per heavy atom. The van der Waals surface area contributed by atoms with Gasteiger partial charge in [-0.1, -0.05) is 151 Å². The van der Waals surface area contributed by atoms with E-state index in [0.717, 1.165) is 32.1 Å². The third-order valence-electron chi connectivity index (χ3n) is 8.44. The van der Waals surface area contributed by atoms with Crippen molar-refractivity contribution in [3.8, 4) is 0 Å². The summed E-state index contributed by atoms with van der Waals surface area (Å²) in [4.78, 5) is 0. The molecule has 0 saturated carbocycles. The minimum absolute atomic E-state index is 0.299. The fraction of sp³-hybridized carbons (Fsp3) is 0.758. The van der Waals surface area contributed by atoms with Crippen LogP contribution < -0.4 is 0 Å². The minimum atomic E-state index is -0.482. The number of allylic oxidation sites excluding steroid dienone is 4. The Kier molecular flexibility index (Phi) is 13.7. The van der Waals surface area contributed by atoms with E-state index < -0.39 is 12.2 Å². The van der Waals surface area contributed by atoms with Crippen molar-refractivity contribution in [1.29, 1.82) is 0 Å². The third kappa shape index (κ3) is 9.69. The molecule has 35 heavy (non-hydrogen) atoms. The molecule has 0 aromatic heterocycles. The summed E-state index contributed by atoms with van der Waals surface area (Å²) in [5.41, 5.74) is 1.88. The SMILES string of the molecule is CCCCCCCCCC1(CC2(CCCCCCCCC)C=C(C)C=CC2O)C=C(C)C=CC1O. The zero-order valence-electron chi connectivity index (χ0n) is 23.5. The zero-order valence-corrected chi connectivity index (χ0v) is 23.5. The van der Waals surface area contributed by atoms with E-state index in [1.165, 1.54) is 88.2 Å². The Morgan fingerprint density at radius 3 is 1.29 bits per heavy atom. The fourth-order valence-electron chi connectivity index (χ4n) is 6.41. The molecule has 2 nitrogen and oxygen atoms in total. The Labute approximate surface area is 217 Å². The second-order valence-electron chi connectivity index (χ2n) is 11.8. The second-order valence-corrected chi connectivity index (χ2v) is 11.8. The van der Waals surface area contributed by atoms with Crippen LogP contribution in [-0.4, -0.2) is 22.4 Å². The first-order valence-corrected chi connectivity index (χ1v) is 15.0. The van der Waals surface area contributed by atoms with Crippen molar-refractivity contribution in [3.05, 3.63) is 47.6 Å². The maximum Gasteiger partial charge on any atom is 0.0815 e. The molecular formula is C33H56O2. The fourth-order valence-corrected chi connectivity index (χ4v) is 6.41. The van der Waals surface area contributed by atoms with Crippen molar-refractivity contribution in [2.45, 2.75) is 149 Å². The van der Waals surface area contributed by atoms with Crippen LogP contribution in [0.15, 0.2) is 47.6 Å². The molecule has 0 heterocycles. The molecule has 2 rings (SSSR count). The Hall–Kier alpha value is -1.12. The Balaban J connectivity index is 2.12. The molecule has 2 aliphatic rings. The summed E-state index contributed by atoms with van der Waals surface area (Å²) in [5.74, 6) is 0. The summed E-state index contributed by atoms with van der Waals surface area (Å²) in [6, 6.07) is 0. The van der Waals surface area contributed by atoms with E-state index in [1.807, 2.05) is 12.2 Å². The minimum Gasteiger partial charge on any atom is -0.388 e. The van der Waals surface area contributed by atoms with E-state index in [2.05, 4.69) is 52.0 Å². The number of hydrogen-bond acceptors (Lipinski definition) is 2. The van der Waals surface area contributed by atoms with Crippen molar-refractivity contribution in [3.63, 3.8) is 0 Å². The van der Waals surface area contributed by atoms with Gasteiger partial charge in [0.15, 0.2) is 0 Å². The third-order valence-corrected chi connectivity index (χ3v) is 8.44. The van der Waals surface area contributed by atoms with Gasteiger partial charge in [0.25, 0.3) is 0 Å². The molecule has 0 radical (unpaired) electrons. The molecule has 4 atom stereocenters. The van der Waals surface area contributed by atoms with E-state index in [-0.39, 0.29) is 10.8 Å². The number of hydrogen-bond donors (Lipinski definition) is 2. The average Bonchev–Trinajstić information content (AvgIpc) is 2.83. The van der Waals surface area contributed by atoms with Crippen LogP contribution in [-0.2, 0) is 0 Å². The standard InChI is InChI=1S/C33H56O2/c1-5-7-9-11-13-15-17-23-32(25-28(3)19-21-30(32)34)27-33(26-29(4)20-22-31(33)35)24-18-16-14-12-10-8-6-2/h19-22,25-26,30-31,34-35H,5-18,23-24,27H2,1-4H3. The molecule has 2 heteroatoms. The highest BCUT2D eigenvalue weighted by molar-refractivity contribution is 5.33. The summed E-state index contributed by atoms with van der Waals surface area (Å²) in [5, 5.41) is 22.7. The zero-order chi connectivity index (χ0) is 25.6. The van der Waals surface area contributed by atoms with Crippen molar-refractivity contribution < 1.29 is 10.2 Å². The summed E-state index contributed by atoms with van der Waals surface area (Å²) in [6.07, 6.45) is 32.6. The van der Waals surface area contributed by atoms with Crippen molar-refractivity contribution in [2.75, 3.05) is 0 Å². The molecule has 2 N–H and O–H groups in total. The molecule has 0 amide bonds. The summed E-state index contributed by atoms with van der Waals surface area (Å²) >= 11 is 0. The van der Waals surface area contributed by atoms with Crippen LogP contribution in [0.4, 0.5) is 0 Å². The van der Waals surface area contributed by atoms with Crippen LogP contribution in [0, 0.1) is 10.8 Å². The smallest absolute Gasteiger partial charge is 0.0815 e. The first-order chi connectivity index (χ1) is 16.9. The highest BCUT2D eigenvalue weighted by Gasteiger charge is 2.46. The van der Waals surface area contributed by atoms with E-state index in [1.54, 1.807) is 0 Å². The topological polar surface area (TPSA) is 40.5 Å². The van der Waals surface area contributed by atoms with Crippen molar-refractivity contribution in [2.24, 2.45) is 10.8 Å². The van der Waals surface area contributed by atoms with Gasteiger partial charge in [-0.3, -0.25) is 0 Å². The molecule has 2 aliphatic carbocycles. The van der Waals surface area contributed by atoms with Crippen LogP contribution in [0.2, 0.25) is 0 Å². The molecule has 0 aliphatic heterocycles. The first-order valence-electron chi connectivity index (χ1n) is 15.0.